The quantitative estimate of drug-likeness (QED) is 0.621. The Labute approximate surface area is 83.4 Å². The molecule has 74 valence electrons. The van der Waals surface area contributed by atoms with Crippen LogP contribution in [0.15, 0.2) is 18.3 Å². The van der Waals surface area contributed by atoms with Crippen LogP contribution in [-0.4, -0.2) is 4.98 Å². The summed E-state index contributed by atoms with van der Waals surface area (Å²) in [6, 6.07) is 3.60. The van der Waals surface area contributed by atoms with Gasteiger partial charge >= 0.3 is 0 Å². The fourth-order valence-electron chi connectivity index (χ4n) is 3.30. The van der Waals surface area contributed by atoms with E-state index in [1.807, 2.05) is 6.07 Å². The van der Waals surface area contributed by atoms with E-state index in [1.54, 1.807) is 12.3 Å². The van der Waals surface area contributed by atoms with E-state index < -0.39 is 0 Å². The van der Waals surface area contributed by atoms with Gasteiger partial charge in [-0.05, 0) is 54.7 Å². The first-order chi connectivity index (χ1) is 6.83. The summed E-state index contributed by atoms with van der Waals surface area (Å²) < 4.78 is 13.0. The van der Waals surface area contributed by atoms with Crippen molar-refractivity contribution in [2.24, 2.45) is 11.8 Å². The van der Waals surface area contributed by atoms with Crippen molar-refractivity contribution in [3.8, 4) is 0 Å². The normalized spacial score (nSPS) is 35.1. The molecule has 0 aliphatic heterocycles. The average Bonchev–Trinajstić information content (AvgIpc) is 2.78. The molecule has 2 heteroatoms. The molecule has 14 heavy (non-hydrogen) atoms. The standard InChI is InChI=1S/C12H14FN/c13-12-7-10(3-4-14-12)11-6-8-1-2-9(11)5-8/h3-4,7-9,11H,1-2,5-6H2. The van der Waals surface area contributed by atoms with Crippen LogP contribution < -0.4 is 0 Å². The van der Waals surface area contributed by atoms with Crippen LogP contribution in [0.5, 0.6) is 0 Å². The highest BCUT2D eigenvalue weighted by molar-refractivity contribution is 5.20. The van der Waals surface area contributed by atoms with Gasteiger partial charge in [0.15, 0.2) is 0 Å². The molecule has 0 saturated heterocycles. The molecule has 1 aromatic heterocycles. The van der Waals surface area contributed by atoms with Gasteiger partial charge in [0.25, 0.3) is 0 Å². The molecule has 0 aromatic carbocycles. The predicted molar refractivity (Wildman–Crippen MR) is 52.4 cm³/mol. The molecule has 2 fully saturated rings. The van der Waals surface area contributed by atoms with E-state index in [0.717, 1.165) is 11.8 Å². The molecule has 1 nitrogen and oxygen atoms in total. The van der Waals surface area contributed by atoms with E-state index in [1.165, 1.54) is 31.2 Å². The van der Waals surface area contributed by atoms with Crippen LogP contribution in [0.4, 0.5) is 4.39 Å². The summed E-state index contributed by atoms with van der Waals surface area (Å²) >= 11 is 0. The second-order valence-corrected chi connectivity index (χ2v) is 4.69. The van der Waals surface area contributed by atoms with Gasteiger partial charge in [-0.2, -0.15) is 4.39 Å². The molecule has 0 spiro atoms. The molecule has 2 bridgehead atoms. The number of halogens is 1. The maximum absolute atomic E-state index is 13.0. The van der Waals surface area contributed by atoms with E-state index >= 15 is 0 Å². The Morgan fingerprint density at radius 1 is 1.29 bits per heavy atom. The summed E-state index contributed by atoms with van der Waals surface area (Å²) in [5.74, 6) is 2.03. The lowest BCUT2D eigenvalue weighted by Crippen LogP contribution is -2.08. The fraction of sp³-hybridized carbons (Fsp3) is 0.583. The zero-order chi connectivity index (χ0) is 9.54. The minimum absolute atomic E-state index is 0.328. The van der Waals surface area contributed by atoms with E-state index in [-0.39, 0.29) is 5.95 Å². The summed E-state index contributed by atoms with van der Waals surface area (Å²) in [5.41, 5.74) is 1.17. The largest absolute Gasteiger partial charge is 0.228 e. The van der Waals surface area contributed by atoms with E-state index in [0.29, 0.717) is 5.92 Å². The fourth-order valence-corrected chi connectivity index (χ4v) is 3.30. The highest BCUT2D eigenvalue weighted by Gasteiger charge is 2.40. The molecule has 2 aliphatic carbocycles. The third-order valence-corrected chi connectivity index (χ3v) is 3.92. The molecular formula is C12H14FN. The lowest BCUT2D eigenvalue weighted by atomic mass is 9.84. The zero-order valence-corrected chi connectivity index (χ0v) is 8.12. The van der Waals surface area contributed by atoms with Crippen LogP contribution in [0.3, 0.4) is 0 Å². The number of nitrogens with zero attached hydrogens (tertiary/aromatic N) is 1. The second-order valence-electron chi connectivity index (χ2n) is 4.69. The van der Waals surface area contributed by atoms with Crippen molar-refractivity contribution < 1.29 is 4.39 Å². The Balaban J connectivity index is 1.89. The van der Waals surface area contributed by atoms with Gasteiger partial charge in [0.1, 0.15) is 0 Å². The Hall–Kier alpha value is -0.920. The minimum atomic E-state index is -0.328. The van der Waals surface area contributed by atoms with E-state index in [2.05, 4.69) is 4.98 Å². The average molecular weight is 191 g/mol. The number of fused-ring (bicyclic) bond motifs is 2. The number of hydrogen-bond donors (Lipinski definition) is 0. The van der Waals surface area contributed by atoms with Crippen molar-refractivity contribution in [1.82, 2.24) is 4.98 Å². The smallest absolute Gasteiger partial charge is 0.213 e. The van der Waals surface area contributed by atoms with Gasteiger partial charge < -0.3 is 0 Å². The molecule has 2 saturated carbocycles. The van der Waals surface area contributed by atoms with Crippen LogP contribution in [0.1, 0.15) is 37.2 Å². The molecule has 1 aromatic rings. The molecule has 0 radical (unpaired) electrons. The molecule has 3 atom stereocenters. The van der Waals surface area contributed by atoms with Crippen molar-refractivity contribution in [2.45, 2.75) is 31.6 Å². The summed E-state index contributed by atoms with van der Waals surface area (Å²) in [6.45, 7) is 0. The number of pyridine rings is 1. The predicted octanol–water partition coefficient (Wildman–Crippen LogP) is 3.12. The van der Waals surface area contributed by atoms with Crippen LogP contribution in [0, 0.1) is 17.8 Å². The van der Waals surface area contributed by atoms with Crippen LogP contribution in [0.25, 0.3) is 0 Å². The third kappa shape index (κ3) is 1.24. The highest BCUT2D eigenvalue weighted by atomic mass is 19.1. The number of hydrogen-bond acceptors (Lipinski definition) is 1. The Bertz CT molecular complexity index is 350. The topological polar surface area (TPSA) is 12.9 Å². The van der Waals surface area contributed by atoms with Crippen molar-refractivity contribution in [1.29, 1.82) is 0 Å². The zero-order valence-electron chi connectivity index (χ0n) is 8.12. The summed E-state index contributed by atoms with van der Waals surface area (Å²) in [7, 11) is 0. The van der Waals surface area contributed by atoms with Gasteiger partial charge in [-0.1, -0.05) is 6.42 Å². The van der Waals surface area contributed by atoms with Crippen LogP contribution in [0.2, 0.25) is 0 Å². The van der Waals surface area contributed by atoms with Crippen molar-refractivity contribution in [3.63, 3.8) is 0 Å². The Kier molecular flexibility index (Phi) is 1.82. The van der Waals surface area contributed by atoms with Crippen LogP contribution in [-0.2, 0) is 0 Å². The molecule has 1 heterocycles. The maximum atomic E-state index is 13.0. The maximum Gasteiger partial charge on any atom is 0.213 e. The summed E-state index contributed by atoms with van der Waals surface area (Å²) in [6.07, 6.45) is 6.98. The van der Waals surface area contributed by atoms with Gasteiger partial charge in [-0.15, -0.1) is 0 Å². The second kappa shape index (κ2) is 3.04. The first-order valence-electron chi connectivity index (χ1n) is 5.44. The molecule has 0 amide bonds. The molecule has 3 rings (SSSR count). The van der Waals surface area contributed by atoms with Gasteiger partial charge in [0.05, 0.1) is 0 Å². The summed E-state index contributed by atoms with van der Waals surface area (Å²) in [4.78, 5) is 3.61. The number of rotatable bonds is 1. The van der Waals surface area contributed by atoms with E-state index in [4.69, 9.17) is 0 Å². The molecular weight excluding hydrogens is 177 g/mol. The van der Waals surface area contributed by atoms with Crippen LogP contribution >= 0.6 is 0 Å². The van der Waals surface area contributed by atoms with Crippen molar-refractivity contribution >= 4 is 0 Å². The van der Waals surface area contributed by atoms with Gasteiger partial charge in [0.2, 0.25) is 5.95 Å². The highest BCUT2D eigenvalue weighted by Crippen LogP contribution is 2.52. The third-order valence-electron chi connectivity index (χ3n) is 3.92. The van der Waals surface area contributed by atoms with Crippen molar-refractivity contribution in [2.75, 3.05) is 0 Å². The Morgan fingerprint density at radius 2 is 2.21 bits per heavy atom. The van der Waals surface area contributed by atoms with Crippen molar-refractivity contribution in [3.05, 3.63) is 29.8 Å². The SMILES string of the molecule is Fc1cc(C2CC3CCC2C3)ccn1. The van der Waals surface area contributed by atoms with Gasteiger partial charge in [-0.3, -0.25) is 0 Å². The monoisotopic (exact) mass is 191 g/mol. The lowest BCUT2D eigenvalue weighted by molar-refractivity contribution is 0.417. The Morgan fingerprint density at radius 3 is 2.86 bits per heavy atom. The molecule has 3 unspecified atom stereocenters. The first kappa shape index (κ1) is 8.39. The minimum Gasteiger partial charge on any atom is -0.228 e. The number of aromatic nitrogens is 1. The van der Waals surface area contributed by atoms with Gasteiger partial charge in [-0.25, -0.2) is 4.98 Å². The van der Waals surface area contributed by atoms with Gasteiger partial charge in [0, 0.05) is 6.20 Å². The summed E-state index contributed by atoms with van der Waals surface area (Å²) in [5, 5.41) is 0. The lowest BCUT2D eigenvalue weighted by Gasteiger charge is -2.21. The first-order valence-corrected chi connectivity index (χ1v) is 5.44. The molecule has 2 aliphatic rings. The van der Waals surface area contributed by atoms with E-state index in [9.17, 15) is 4.39 Å². The molecule has 0 N–H and O–H groups in total.